The highest BCUT2D eigenvalue weighted by Crippen LogP contribution is 2.41. The topological polar surface area (TPSA) is 107 Å². The molecule has 3 N–H and O–H groups in total. The van der Waals surface area contributed by atoms with Crippen molar-refractivity contribution in [3.05, 3.63) is 36.2 Å². The Hall–Kier alpha value is -2.65. The molecule has 2 aliphatic heterocycles. The maximum absolute atomic E-state index is 11.8. The first kappa shape index (κ1) is 18.7. The molecule has 0 bridgehead atoms. The summed E-state index contributed by atoms with van der Waals surface area (Å²) in [6.07, 6.45) is 4.60. The van der Waals surface area contributed by atoms with Crippen molar-refractivity contribution in [2.75, 3.05) is 18.4 Å². The highest BCUT2D eigenvalue weighted by atomic mass is 32.2. The van der Waals surface area contributed by atoms with Crippen molar-refractivity contribution in [2.45, 2.75) is 41.8 Å². The van der Waals surface area contributed by atoms with Gasteiger partial charge in [0, 0.05) is 43.0 Å². The zero-order chi connectivity index (χ0) is 19.5. The molecular formula is C19H21N5O3S. The van der Waals surface area contributed by atoms with Crippen LogP contribution >= 0.6 is 11.8 Å². The fourth-order valence-electron chi connectivity index (χ4n) is 3.43. The van der Waals surface area contributed by atoms with Gasteiger partial charge >= 0.3 is 5.97 Å². The molecule has 1 aromatic heterocycles. The van der Waals surface area contributed by atoms with Crippen molar-refractivity contribution in [2.24, 2.45) is 0 Å². The van der Waals surface area contributed by atoms with Gasteiger partial charge in [0.1, 0.15) is 11.4 Å². The molecule has 0 spiro atoms. The quantitative estimate of drug-likeness (QED) is 0.561. The maximum atomic E-state index is 11.8. The number of hydrogen-bond donors (Lipinski definition) is 3. The Morgan fingerprint density at radius 3 is 2.82 bits per heavy atom. The lowest BCUT2D eigenvalue weighted by atomic mass is 10.0. The van der Waals surface area contributed by atoms with Crippen LogP contribution in [0.1, 0.15) is 24.8 Å². The van der Waals surface area contributed by atoms with E-state index in [1.54, 1.807) is 29.1 Å². The minimum absolute atomic E-state index is 0.299. The highest BCUT2D eigenvalue weighted by Gasteiger charge is 2.24. The average Bonchev–Trinajstić information content (AvgIpc) is 2.70. The van der Waals surface area contributed by atoms with Gasteiger partial charge < -0.3 is 20.6 Å². The van der Waals surface area contributed by atoms with Gasteiger partial charge in [-0.1, -0.05) is 17.8 Å². The van der Waals surface area contributed by atoms with Crippen LogP contribution in [0, 0.1) is 0 Å². The van der Waals surface area contributed by atoms with Crippen LogP contribution in [0.5, 0.6) is 0 Å². The smallest absolute Gasteiger partial charge is 0.312 e. The van der Waals surface area contributed by atoms with Crippen LogP contribution in [0.15, 0.2) is 40.5 Å². The monoisotopic (exact) mass is 399 g/mol. The van der Waals surface area contributed by atoms with Gasteiger partial charge in [0.2, 0.25) is 5.91 Å². The summed E-state index contributed by atoms with van der Waals surface area (Å²) in [6.45, 7) is 1.93. The molecule has 8 nitrogen and oxygen atoms in total. The molecule has 9 heteroatoms. The van der Waals surface area contributed by atoms with E-state index in [2.05, 4.69) is 38.8 Å². The molecule has 0 radical (unpaired) electrons. The third-order valence-electron chi connectivity index (χ3n) is 4.91. The number of carboxylic acids is 1. The van der Waals surface area contributed by atoms with E-state index < -0.39 is 12.4 Å². The molecule has 0 aliphatic carbocycles. The summed E-state index contributed by atoms with van der Waals surface area (Å²) in [5.41, 5.74) is 2.20. The summed E-state index contributed by atoms with van der Waals surface area (Å²) in [4.78, 5) is 33.9. The van der Waals surface area contributed by atoms with Gasteiger partial charge in [-0.15, -0.1) is 0 Å². The molecule has 0 unspecified atom stereocenters. The molecule has 3 heterocycles. The number of likely N-dealkylation sites (tertiary alicyclic amines) is 1. The van der Waals surface area contributed by atoms with Crippen LogP contribution < -0.4 is 10.6 Å². The van der Waals surface area contributed by atoms with Crippen molar-refractivity contribution < 1.29 is 14.7 Å². The minimum atomic E-state index is -1.07. The number of carbonyl (C=O) groups excluding carboxylic acids is 1. The summed E-state index contributed by atoms with van der Waals surface area (Å²) < 4.78 is 0. The van der Waals surface area contributed by atoms with E-state index in [0.29, 0.717) is 19.1 Å². The van der Waals surface area contributed by atoms with Crippen LogP contribution in [0.25, 0.3) is 0 Å². The third kappa shape index (κ3) is 4.26. The lowest BCUT2D eigenvalue weighted by molar-refractivity contribution is -0.144. The molecule has 0 saturated carbocycles. The molecule has 1 aromatic carbocycles. The Morgan fingerprint density at radius 1 is 1.25 bits per heavy atom. The normalized spacial score (nSPS) is 16.1. The van der Waals surface area contributed by atoms with Gasteiger partial charge in [-0.3, -0.25) is 9.59 Å². The van der Waals surface area contributed by atoms with E-state index >= 15 is 0 Å². The molecule has 0 atom stereocenters. The minimum Gasteiger partial charge on any atom is -0.481 e. The summed E-state index contributed by atoms with van der Waals surface area (Å²) in [6, 6.07) is 6.64. The summed E-state index contributed by atoms with van der Waals surface area (Å²) in [7, 11) is 0. The van der Waals surface area contributed by atoms with Gasteiger partial charge in [-0.05, 0) is 30.5 Å². The van der Waals surface area contributed by atoms with Gasteiger partial charge in [-0.25, -0.2) is 9.97 Å². The number of aliphatic carboxylic acids is 1. The van der Waals surface area contributed by atoms with Gasteiger partial charge in [-0.2, -0.15) is 0 Å². The lowest BCUT2D eigenvalue weighted by Gasteiger charge is -2.32. The molecule has 4 rings (SSSR count). The first-order valence-corrected chi connectivity index (χ1v) is 10.0. The number of hydrogen-bond acceptors (Lipinski definition) is 7. The van der Waals surface area contributed by atoms with Gasteiger partial charge in [0.25, 0.3) is 0 Å². The van der Waals surface area contributed by atoms with E-state index in [4.69, 9.17) is 5.11 Å². The van der Waals surface area contributed by atoms with Crippen LogP contribution in [-0.2, 0) is 16.1 Å². The van der Waals surface area contributed by atoms with Crippen LogP contribution in [0.4, 0.5) is 11.5 Å². The number of benzene rings is 1. The van der Waals surface area contributed by atoms with Gasteiger partial charge in [0.05, 0.1) is 5.69 Å². The lowest BCUT2D eigenvalue weighted by Crippen LogP contribution is -2.45. The number of carbonyl (C=O) groups is 2. The van der Waals surface area contributed by atoms with Crippen molar-refractivity contribution >= 4 is 35.1 Å². The van der Waals surface area contributed by atoms with E-state index in [-0.39, 0.29) is 5.91 Å². The number of aromatic nitrogens is 2. The van der Waals surface area contributed by atoms with Gasteiger partial charge in [0.15, 0.2) is 5.82 Å². The third-order valence-corrected chi connectivity index (χ3v) is 5.98. The fraction of sp³-hybridized carbons (Fsp3) is 0.368. The number of anilines is 2. The van der Waals surface area contributed by atoms with E-state index in [0.717, 1.165) is 40.8 Å². The maximum Gasteiger partial charge on any atom is 0.312 e. The SMILES string of the molecule is O=C(O)CC(=O)N1CCC(NCc2ccc3c(c2)Nc2nccnc2S3)CC1. The second-order valence-electron chi connectivity index (χ2n) is 6.87. The first-order valence-electron chi connectivity index (χ1n) is 9.20. The Kier molecular flexibility index (Phi) is 5.45. The van der Waals surface area contributed by atoms with Crippen LogP contribution in [0.3, 0.4) is 0 Å². The number of nitrogens with one attached hydrogen (secondary N) is 2. The highest BCUT2D eigenvalue weighted by molar-refractivity contribution is 7.99. The Labute approximate surface area is 166 Å². The second-order valence-corrected chi connectivity index (χ2v) is 7.90. The summed E-state index contributed by atoms with van der Waals surface area (Å²) in [5, 5.41) is 16.5. The molecule has 1 fully saturated rings. The first-order chi connectivity index (χ1) is 13.6. The van der Waals surface area contributed by atoms with Crippen molar-refractivity contribution in [1.29, 1.82) is 0 Å². The Morgan fingerprint density at radius 2 is 2.04 bits per heavy atom. The van der Waals surface area contributed by atoms with E-state index in [9.17, 15) is 9.59 Å². The number of carboxylic acid groups (broad SMARTS) is 1. The van der Waals surface area contributed by atoms with Crippen LogP contribution in [0.2, 0.25) is 0 Å². The number of piperidine rings is 1. The van der Waals surface area contributed by atoms with E-state index in [1.165, 1.54) is 5.56 Å². The van der Waals surface area contributed by atoms with Crippen molar-refractivity contribution in [3.8, 4) is 0 Å². The zero-order valence-corrected chi connectivity index (χ0v) is 16.0. The number of nitrogens with zero attached hydrogens (tertiary/aromatic N) is 3. The molecule has 146 valence electrons. The Bertz CT molecular complexity index is 899. The molecule has 2 aromatic rings. The summed E-state index contributed by atoms with van der Waals surface area (Å²) in [5.74, 6) is -0.589. The zero-order valence-electron chi connectivity index (χ0n) is 15.2. The number of rotatable bonds is 5. The largest absolute Gasteiger partial charge is 0.481 e. The average molecular weight is 399 g/mol. The molecular weight excluding hydrogens is 378 g/mol. The van der Waals surface area contributed by atoms with E-state index in [1.807, 2.05) is 0 Å². The molecule has 28 heavy (non-hydrogen) atoms. The Balaban J connectivity index is 1.30. The standard InChI is InChI=1S/C19H21N5O3S/c25-16(10-17(26)27)24-7-3-13(4-8-24)22-11-12-1-2-15-14(9-12)23-18-19(28-15)21-6-5-20-18/h1-2,5-6,9,13,22H,3-4,7-8,10-11H2,(H,20,23)(H,26,27). The molecule has 2 aliphatic rings. The fourth-order valence-corrected chi connectivity index (χ4v) is 4.31. The molecule has 1 amide bonds. The molecule has 1 saturated heterocycles. The van der Waals surface area contributed by atoms with Crippen LogP contribution in [-0.4, -0.2) is 51.0 Å². The summed E-state index contributed by atoms with van der Waals surface area (Å²) >= 11 is 1.61. The number of fused-ring (bicyclic) bond motifs is 2. The van der Waals surface area contributed by atoms with Crippen molar-refractivity contribution in [3.63, 3.8) is 0 Å². The predicted molar refractivity (Wildman–Crippen MR) is 105 cm³/mol. The number of amides is 1. The van der Waals surface area contributed by atoms with Crippen molar-refractivity contribution in [1.82, 2.24) is 20.2 Å². The predicted octanol–water partition coefficient (Wildman–Crippen LogP) is 2.24. The second kappa shape index (κ2) is 8.15.